The van der Waals surface area contributed by atoms with E-state index in [1.165, 1.54) is 128 Å². The second kappa shape index (κ2) is 35.7. The van der Waals surface area contributed by atoms with Crippen LogP contribution in [0.5, 0.6) is 0 Å². The molecule has 0 saturated carbocycles. The number of phosphoric ester groups is 1. The fourth-order valence-corrected chi connectivity index (χ4v) is 7.26. The standard InChI is InChI=1S/C42H85NO8P/c1-7-10-12-14-16-18-20-22-24-26-28-30-32-34-41(44)47-38-40(39-50-52(46,48-9-3)49-37-36-43(4,5)6)51-42(45)35-33-31-29-27-25-23-21-19-17-15-13-11-8-2/h40H,7-39H2,1-6H3/q+1/t40-,52?/m1/s1. The Morgan fingerprint density at radius 3 is 1.27 bits per heavy atom. The zero-order valence-electron chi connectivity index (χ0n) is 35.1. The van der Waals surface area contributed by atoms with E-state index in [-0.39, 0.29) is 44.8 Å². The third kappa shape index (κ3) is 36.0. The Morgan fingerprint density at radius 2 is 0.885 bits per heavy atom. The van der Waals surface area contributed by atoms with Gasteiger partial charge in [-0.05, 0) is 19.8 Å². The molecule has 10 heteroatoms. The van der Waals surface area contributed by atoms with Crippen molar-refractivity contribution in [2.24, 2.45) is 0 Å². The molecule has 0 aromatic carbocycles. The highest BCUT2D eigenvalue weighted by Gasteiger charge is 2.30. The summed E-state index contributed by atoms with van der Waals surface area (Å²) in [4.78, 5) is 25.4. The van der Waals surface area contributed by atoms with E-state index in [0.29, 0.717) is 17.4 Å². The molecule has 0 rings (SSSR count). The van der Waals surface area contributed by atoms with Crippen LogP contribution >= 0.6 is 7.82 Å². The van der Waals surface area contributed by atoms with Crippen molar-refractivity contribution in [2.75, 3.05) is 54.1 Å². The average Bonchev–Trinajstić information content (AvgIpc) is 3.09. The van der Waals surface area contributed by atoms with Gasteiger partial charge in [0.2, 0.25) is 0 Å². The topological polar surface area (TPSA) is 97.4 Å². The molecule has 0 bridgehead atoms. The number of likely N-dealkylation sites (N-methyl/N-ethyl adjacent to an activating group) is 1. The smallest absolute Gasteiger partial charge is 0.462 e. The number of carbonyl (C=O) groups is 2. The van der Waals surface area contributed by atoms with Gasteiger partial charge in [-0.3, -0.25) is 23.2 Å². The van der Waals surface area contributed by atoms with Gasteiger partial charge in [-0.25, -0.2) is 4.57 Å². The van der Waals surface area contributed by atoms with Crippen molar-refractivity contribution >= 4 is 19.8 Å². The third-order valence-corrected chi connectivity index (χ3v) is 11.0. The Bertz CT molecular complexity index is 865. The van der Waals surface area contributed by atoms with E-state index >= 15 is 0 Å². The van der Waals surface area contributed by atoms with Crippen LogP contribution in [0.1, 0.15) is 201 Å². The highest BCUT2D eigenvalue weighted by Crippen LogP contribution is 2.49. The summed E-state index contributed by atoms with van der Waals surface area (Å²) in [5, 5.41) is 0. The van der Waals surface area contributed by atoms with Crippen LogP contribution in [-0.4, -0.2) is 76.6 Å². The van der Waals surface area contributed by atoms with Gasteiger partial charge in [-0.15, -0.1) is 0 Å². The van der Waals surface area contributed by atoms with Gasteiger partial charge < -0.3 is 14.0 Å². The summed E-state index contributed by atoms with van der Waals surface area (Å²) in [5.74, 6) is -0.700. The number of quaternary nitrogens is 1. The molecule has 0 aromatic rings. The fourth-order valence-electron chi connectivity index (χ4n) is 6.06. The molecule has 9 nitrogen and oxygen atoms in total. The quantitative estimate of drug-likeness (QED) is 0.0263. The molecule has 0 heterocycles. The number of ether oxygens (including phenoxy) is 2. The van der Waals surface area contributed by atoms with E-state index in [0.717, 1.165) is 38.5 Å². The van der Waals surface area contributed by atoms with Gasteiger partial charge in [0.05, 0.1) is 34.4 Å². The van der Waals surface area contributed by atoms with Crippen LogP contribution in [0.4, 0.5) is 0 Å². The Morgan fingerprint density at radius 1 is 0.500 bits per heavy atom. The first-order valence-electron chi connectivity index (χ1n) is 21.7. The second-order valence-electron chi connectivity index (χ2n) is 15.8. The lowest BCUT2D eigenvalue weighted by molar-refractivity contribution is -0.870. The predicted molar refractivity (Wildman–Crippen MR) is 215 cm³/mol. The van der Waals surface area contributed by atoms with Crippen molar-refractivity contribution < 1.29 is 41.7 Å². The van der Waals surface area contributed by atoms with Gasteiger partial charge in [0.15, 0.2) is 6.10 Å². The van der Waals surface area contributed by atoms with Crippen molar-refractivity contribution in [2.45, 2.75) is 207 Å². The number of carbonyl (C=O) groups excluding carboxylic acids is 2. The Labute approximate surface area is 321 Å². The molecule has 0 aliphatic rings. The first kappa shape index (κ1) is 51.0. The number of esters is 2. The monoisotopic (exact) mass is 763 g/mol. The minimum absolute atomic E-state index is 0.138. The molecular weight excluding hydrogens is 677 g/mol. The molecule has 0 aliphatic carbocycles. The van der Waals surface area contributed by atoms with Crippen LogP contribution < -0.4 is 0 Å². The van der Waals surface area contributed by atoms with Gasteiger partial charge >= 0.3 is 19.8 Å². The summed E-state index contributed by atoms with van der Waals surface area (Å²) in [6.45, 7) is 6.74. The molecule has 0 fully saturated rings. The lowest BCUT2D eigenvalue weighted by atomic mass is 10.0. The Hall–Kier alpha value is -0.990. The van der Waals surface area contributed by atoms with Crippen molar-refractivity contribution in [3.05, 3.63) is 0 Å². The van der Waals surface area contributed by atoms with Crippen LogP contribution in [0.3, 0.4) is 0 Å². The number of rotatable bonds is 40. The summed E-state index contributed by atoms with van der Waals surface area (Å²) >= 11 is 0. The largest absolute Gasteiger partial charge is 0.475 e. The maximum Gasteiger partial charge on any atom is 0.475 e. The molecule has 0 spiro atoms. The maximum absolute atomic E-state index is 13.3. The van der Waals surface area contributed by atoms with Crippen molar-refractivity contribution in [3.8, 4) is 0 Å². The van der Waals surface area contributed by atoms with Crippen molar-refractivity contribution in [3.63, 3.8) is 0 Å². The van der Waals surface area contributed by atoms with E-state index in [1.54, 1.807) is 6.92 Å². The summed E-state index contributed by atoms with van der Waals surface area (Å²) in [5.41, 5.74) is 0. The zero-order valence-corrected chi connectivity index (χ0v) is 36.0. The third-order valence-electron chi connectivity index (χ3n) is 9.41. The molecule has 0 N–H and O–H groups in total. The molecule has 1 unspecified atom stereocenters. The van der Waals surface area contributed by atoms with E-state index in [9.17, 15) is 14.2 Å². The summed E-state index contributed by atoms with van der Waals surface area (Å²) in [6.07, 6.45) is 31.8. The molecule has 52 heavy (non-hydrogen) atoms. The minimum Gasteiger partial charge on any atom is -0.462 e. The van der Waals surface area contributed by atoms with E-state index in [2.05, 4.69) is 13.8 Å². The van der Waals surface area contributed by atoms with Crippen LogP contribution in [0, 0.1) is 0 Å². The number of unbranched alkanes of at least 4 members (excludes halogenated alkanes) is 24. The van der Waals surface area contributed by atoms with Crippen molar-refractivity contribution in [1.82, 2.24) is 0 Å². The van der Waals surface area contributed by atoms with E-state index < -0.39 is 13.9 Å². The van der Waals surface area contributed by atoms with Crippen LogP contribution in [0.15, 0.2) is 0 Å². The predicted octanol–water partition coefficient (Wildman–Crippen LogP) is 12.3. The molecule has 2 atom stereocenters. The van der Waals surface area contributed by atoms with Crippen LogP contribution in [0.25, 0.3) is 0 Å². The molecule has 310 valence electrons. The fraction of sp³-hybridized carbons (Fsp3) is 0.952. The molecule has 0 amide bonds. The normalized spacial score (nSPS) is 13.6. The first-order chi connectivity index (χ1) is 25.0. The Kier molecular flexibility index (Phi) is 35.0. The van der Waals surface area contributed by atoms with Crippen LogP contribution in [0.2, 0.25) is 0 Å². The molecule has 0 radical (unpaired) electrons. The highest BCUT2D eigenvalue weighted by molar-refractivity contribution is 7.48. The van der Waals surface area contributed by atoms with Gasteiger partial charge in [0.25, 0.3) is 0 Å². The molecule has 0 saturated heterocycles. The number of phosphoric acid groups is 1. The average molecular weight is 763 g/mol. The zero-order chi connectivity index (χ0) is 38.6. The number of nitrogens with zero attached hydrogens (tertiary/aromatic N) is 1. The molecule has 0 aliphatic heterocycles. The minimum atomic E-state index is -3.89. The van der Waals surface area contributed by atoms with E-state index in [4.69, 9.17) is 23.0 Å². The Balaban J connectivity index is 4.56. The van der Waals surface area contributed by atoms with Gasteiger partial charge in [-0.1, -0.05) is 168 Å². The summed E-state index contributed by atoms with van der Waals surface area (Å²) in [6, 6.07) is 0. The lowest BCUT2D eigenvalue weighted by Crippen LogP contribution is -2.37. The van der Waals surface area contributed by atoms with Gasteiger partial charge in [-0.2, -0.15) is 0 Å². The highest BCUT2D eigenvalue weighted by atomic mass is 31.2. The second-order valence-corrected chi connectivity index (χ2v) is 17.5. The summed E-state index contributed by atoms with van der Waals surface area (Å²) < 4.78 is 41.6. The number of hydrogen-bond donors (Lipinski definition) is 0. The van der Waals surface area contributed by atoms with E-state index in [1.807, 2.05) is 21.1 Å². The lowest BCUT2D eigenvalue weighted by Gasteiger charge is -2.25. The van der Waals surface area contributed by atoms with Crippen LogP contribution in [-0.2, 0) is 37.2 Å². The SMILES string of the molecule is CCCCCCCCCCCCCCCC(=O)OC[C@H](COP(=O)(OCC)OCC[N+](C)(C)C)OC(=O)CCCCCCCCCCCCCCC. The van der Waals surface area contributed by atoms with Gasteiger partial charge in [0.1, 0.15) is 19.8 Å². The maximum atomic E-state index is 13.3. The number of hydrogen-bond acceptors (Lipinski definition) is 8. The first-order valence-corrected chi connectivity index (χ1v) is 23.2. The van der Waals surface area contributed by atoms with Gasteiger partial charge in [0, 0.05) is 12.8 Å². The van der Waals surface area contributed by atoms with Crippen molar-refractivity contribution in [1.29, 1.82) is 0 Å². The molecule has 0 aromatic heterocycles. The summed E-state index contributed by atoms with van der Waals surface area (Å²) in [7, 11) is 2.14. The molecular formula is C42H85NO8P+.